The van der Waals surface area contributed by atoms with Gasteiger partial charge < -0.3 is 15.4 Å². The number of halogens is 1. The van der Waals surface area contributed by atoms with E-state index in [1.807, 2.05) is 12.1 Å². The van der Waals surface area contributed by atoms with E-state index in [1.54, 1.807) is 7.11 Å². The van der Waals surface area contributed by atoms with Gasteiger partial charge in [0.1, 0.15) is 0 Å². The van der Waals surface area contributed by atoms with Gasteiger partial charge in [0, 0.05) is 25.9 Å². The number of rotatable bonds is 2. The monoisotopic (exact) mass is 268 g/mol. The number of hydrogen-bond acceptors (Lipinski definition) is 3. The Labute approximate surface area is 114 Å². The zero-order valence-electron chi connectivity index (χ0n) is 11.2. The Balaban J connectivity index is 2.24. The molecule has 1 aromatic carbocycles. The zero-order valence-corrected chi connectivity index (χ0v) is 12.0. The van der Waals surface area contributed by atoms with E-state index in [-0.39, 0.29) is 6.10 Å². The Morgan fingerprint density at radius 1 is 1.44 bits per heavy atom. The molecule has 1 saturated heterocycles. The molecule has 0 amide bonds. The van der Waals surface area contributed by atoms with Crippen molar-refractivity contribution in [3.8, 4) is 0 Å². The lowest BCUT2D eigenvalue weighted by Gasteiger charge is -2.38. The fraction of sp³-hybridized carbons (Fsp3) is 0.571. The third-order valence-electron chi connectivity index (χ3n) is 3.85. The molecule has 0 aliphatic carbocycles. The summed E-state index contributed by atoms with van der Waals surface area (Å²) >= 11 is 6.12. The van der Waals surface area contributed by atoms with Crippen molar-refractivity contribution >= 4 is 23.0 Å². The number of nitrogens with two attached hydrogens (primary N) is 1. The van der Waals surface area contributed by atoms with E-state index in [2.05, 4.69) is 18.7 Å². The van der Waals surface area contributed by atoms with E-state index >= 15 is 0 Å². The lowest BCUT2D eigenvalue weighted by atomic mass is 9.95. The van der Waals surface area contributed by atoms with Crippen LogP contribution in [0.3, 0.4) is 0 Å². The van der Waals surface area contributed by atoms with Crippen molar-refractivity contribution < 1.29 is 4.74 Å². The molecular weight excluding hydrogens is 248 g/mol. The zero-order chi connectivity index (χ0) is 13.3. The van der Waals surface area contributed by atoms with Gasteiger partial charge in [0.2, 0.25) is 0 Å². The molecule has 3 nitrogen and oxygen atoms in total. The minimum absolute atomic E-state index is 0.287. The molecule has 1 aliphatic heterocycles. The second-order valence-corrected chi connectivity index (χ2v) is 5.55. The van der Waals surface area contributed by atoms with Crippen molar-refractivity contribution in [2.75, 3.05) is 30.8 Å². The molecular formula is C14H21ClN2O. The number of methoxy groups -OCH3 is 1. The molecule has 2 N–H and O–H groups in total. The quantitative estimate of drug-likeness (QED) is 0.838. The number of piperidine rings is 1. The maximum absolute atomic E-state index is 6.12. The van der Waals surface area contributed by atoms with Crippen LogP contribution in [0.5, 0.6) is 0 Å². The van der Waals surface area contributed by atoms with Gasteiger partial charge in [-0.05, 0) is 37.0 Å². The van der Waals surface area contributed by atoms with Gasteiger partial charge in [-0.15, -0.1) is 0 Å². The Morgan fingerprint density at radius 3 is 2.83 bits per heavy atom. The van der Waals surface area contributed by atoms with E-state index in [0.29, 0.717) is 16.6 Å². The predicted octanol–water partition coefficient (Wildman–Crippen LogP) is 3.09. The maximum atomic E-state index is 6.12. The number of nitrogens with zero attached hydrogens (tertiary/aromatic N) is 1. The summed E-state index contributed by atoms with van der Waals surface area (Å²) in [6.07, 6.45) is 1.43. The largest absolute Gasteiger partial charge is 0.398 e. The van der Waals surface area contributed by atoms with Crippen LogP contribution in [0.2, 0.25) is 5.02 Å². The Bertz CT molecular complexity index is 436. The highest BCUT2D eigenvalue weighted by Gasteiger charge is 2.27. The molecule has 0 radical (unpaired) electrons. The van der Waals surface area contributed by atoms with Gasteiger partial charge in [0.15, 0.2) is 0 Å². The van der Waals surface area contributed by atoms with E-state index < -0.39 is 0 Å². The van der Waals surface area contributed by atoms with Crippen LogP contribution in [-0.2, 0) is 4.74 Å². The fourth-order valence-corrected chi connectivity index (χ4v) is 2.75. The summed E-state index contributed by atoms with van der Waals surface area (Å²) in [6.45, 7) is 6.27. The molecule has 2 atom stereocenters. The van der Waals surface area contributed by atoms with Crippen molar-refractivity contribution in [2.45, 2.75) is 26.4 Å². The van der Waals surface area contributed by atoms with Crippen LogP contribution >= 0.6 is 11.6 Å². The number of aryl methyl sites for hydroxylation is 1. The molecule has 2 rings (SSSR count). The molecule has 4 heteroatoms. The third-order valence-corrected chi connectivity index (χ3v) is 4.18. The van der Waals surface area contributed by atoms with Crippen molar-refractivity contribution in [1.29, 1.82) is 0 Å². The summed E-state index contributed by atoms with van der Waals surface area (Å²) in [4.78, 5) is 2.34. The van der Waals surface area contributed by atoms with Gasteiger partial charge >= 0.3 is 0 Å². The van der Waals surface area contributed by atoms with Crippen molar-refractivity contribution in [3.63, 3.8) is 0 Å². The molecule has 18 heavy (non-hydrogen) atoms. The first-order valence-corrected chi connectivity index (χ1v) is 6.74. The number of ether oxygens (including phenoxy) is 1. The summed E-state index contributed by atoms with van der Waals surface area (Å²) in [7, 11) is 1.79. The maximum Gasteiger partial charge on any atom is 0.0772 e. The number of benzene rings is 1. The SMILES string of the molecule is COC1CN(c2cc(Cl)c(N)cc2C)CCC1C. The van der Waals surface area contributed by atoms with Crippen LogP contribution in [0.1, 0.15) is 18.9 Å². The highest BCUT2D eigenvalue weighted by atomic mass is 35.5. The second-order valence-electron chi connectivity index (χ2n) is 5.15. The van der Waals surface area contributed by atoms with Crippen molar-refractivity contribution in [2.24, 2.45) is 5.92 Å². The second kappa shape index (κ2) is 5.37. The van der Waals surface area contributed by atoms with Gasteiger partial charge in [-0.25, -0.2) is 0 Å². The minimum Gasteiger partial charge on any atom is -0.398 e. The summed E-state index contributed by atoms with van der Waals surface area (Å²) in [5.41, 5.74) is 8.80. The predicted molar refractivity (Wildman–Crippen MR) is 77.4 cm³/mol. The molecule has 1 heterocycles. The van der Waals surface area contributed by atoms with Gasteiger partial charge in [-0.1, -0.05) is 18.5 Å². The number of nitrogen functional groups attached to an aromatic ring is 1. The van der Waals surface area contributed by atoms with E-state index in [0.717, 1.165) is 19.5 Å². The van der Waals surface area contributed by atoms with E-state index in [9.17, 15) is 0 Å². The Hall–Kier alpha value is -0.930. The molecule has 1 fully saturated rings. The summed E-state index contributed by atoms with van der Waals surface area (Å²) in [6, 6.07) is 3.91. The molecule has 1 aliphatic rings. The first kappa shape index (κ1) is 13.5. The van der Waals surface area contributed by atoms with Gasteiger partial charge in [-0.3, -0.25) is 0 Å². The average molecular weight is 269 g/mol. The molecule has 0 saturated carbocycles. The van der Waals surface area contributed by atoms with Gasteiger partial charge in [0.25, 0.3) is 0 Å². The molecule has 1 aromatic rings. The van der Waals surface area contributed by atoms with Crippen molar-refractivity contribution in [1.82, 2.24) is 0 Å². The van der Waals surface area contributed by atoms with E-state index in [4.69, 9.17) is 22.1 Å². The highest BCUT2D eigenvalue weighted by molar-refractivity contribution is 6.33. The van der Waals surface area contributed by atoms with Crippen molar-refractivity contribution in [3.05, 3.63) is 22.7 Å². The lowest BCUT2D eigenvalue weighted by Crippen LogP contribution is -2.44. The van der Waals surface area contributed by atoms with Crippen LogP contribution in [0.25, 0.3) is 0 Å². The summed E-state index contributed by atoms with van der Waals surface area (Å²) in [5.74, 6) is 0.607. The lowest BCUT2D eigenvalue weighted by molar-refractivity contribution is 0.0498. The first-order chi connectivity index (χ1) is 8.52. The Morgan fingerprint density at radius 2 is 2.17 bits per heavy atom. The normalized spacial score (nSPS) is 24.3. The van der Waals surface area contributed by atoms with Crippen LogP contribution in [0.15, 0.2) is 12.1 Å². The third kappa shape index (κ3) is 2.57. The molecule has 100 valence electrons. The Kier molecular flexibility index (Phi) is 4.03. The standard InChI is InChI=1S/C14H21ClN2O/c1-9-4-5-17(8-14(9)18-3)13-7-11(15)12(16)6-10(13)2/h6-7,9,14H,4-5,8,16H2,1-3H3. The molecule has 0 bridgehead atoms. The van der Waals surface area contributed by atoms with Gasteiger partial charge in [-0.2, -0.15) is 0 Å². The first-order valence-electron chi connectivity index (χ1n) is 6.36. The summed E-state index contributed by atoms with van der Waals surface area (Å²) < 4.78 is 5.55. The van der Waals surface area contributed by atoms with E-state index in [1.165, 1.54) is 11.3 Å². The minimum atomic E-state index is 0.287. The molecule has 0 spiro atoms. The fourth-order valence-electron chi connectivity index (χ4n) is 2.59. The van der Waals surface area contributed by atoms with Gasteiger partial charge in [0.05, 0.1) is 16.8 Å². The average Bonchev–Trinajstić information content (AvgIpc) is 2.35. The number of anilines is 2. The highest BCUT2D eigenvalue weighted by Crippen LogP contribution is 2.32. The van der Waals surface area contributed by atoms with Crippen LogP contribution < -0.4 is 10.6 Å². The molecule has 2 unspecified atom stereocenters. The summed E-state index contributed by atoms with van der Waals surface area (Å²) in [5, 5.41) is 0.628. The topological polar surface area (TPSA) is 38.5 Å². The van der Waals surface area contributed by atoms with Crippen LogP contribution in [0.4, 0.5) is 11.4 Å². The number of hydrogen-bond donors (Lipinski definition) is 1. The van der Waals surface area contributed by atoms with Crippen LogP contribution in [0, 0.1) is 12.8 Å². The molecule has 0 aromatic heterocycles. The smallest absolute Gasteiger partial charge is 0.0772 e. The van der Waals surface area contributed by atoms with Crippen LogP contribution in [-0.4, -0.2) is 26.3 Å².